The smallest absolute Gasteiger partial charge is 0.0406 e. The lowest BCUT2D eigenvalue weighted by atomic mass is 10.1. The van der Waals surface area contributed by atoms with Crippen molar-refractivity contribution in [2.24, 2.45) is 0 Å². The summed E-state index contributed by atoms with van der Waals surface area (Å²) in [5.74, 6) is 0. The van der Waals surface area contributed by atoms with Gasteiger partial charge in [-0.3, -0.25) is 0 Å². The number of piperazine rings is 1. The molecule has 1 saturated heterocycles. The van der Waals surface area contributed by atoms with E-state index in [0.29, 0.717) is 0 Å². The molecule has 0 N–H and O–H groups in total. The molecular formula is C13H19ClN2. The molecule has 16 heavy (non-hydrogen) atoms. The Kier molecular flexibility index (Phi) is 4.22. The van der Waals surface area contributed by atoms with Gasteiger partial charge in [-0.2, -0.15) is 0 Å². The van der Waals surface area contributed by atoms with E-state index < -0.39 is 0 Å². The minimum Gasteiger partial charge on any atom is -0.304 e. The van der Waals surface area contributed by atoms with Crippen LogP contribution in [0.4, 0.5) is 0 Å². The third-order valence-corrected chi connectivity index (χ3v) is 3.48. The number of hydrogen-bond donors (Lipinski definition) is 0. The molecule has 0 radical (unpaired) electrons. The van der Waals surface area contributed by atoms with E-state index in [0.717, 1.165) is 18.0 Å². The SMILES string of the molecule is CN1CCN(CCc2ccc(Cl)cc2)CC1. The standard InChI is InChI=1S/C13H19ClN2/c1-15-8-10-16(11-9-15)7-6-12-2-4-13(14)5-3-12/h2-5H,6-11H2,1H3. The van der Waals surface area contributed by atoms with Crippen LogP contribution in [0.25, 0.3) is 0 Å². The Bertz CT molecular complexity index is 315. The van der Waals surface area contributed by atoms with Gasteiger partial charge in [0.25, 0.3) is 0 Å². The molecule has 2 rings (SSSR count). The molecule has 1 heterocycles. The van der Waals surface area contributed by atoms with Crippen molar-refractivity contribution >= 4 is 11.6 Å². The van der Waals surface area contributed by atoms with E-state index in [9.17, 15) is 0 Å². The highest BCUT2D eigenvalue weighted by molar-refractivity contribution is 6.30. The number of likely N-dealkylation sites (N-methyl/N-ethyl adjacent to an activating group) is 1. The quantitative estimate of drug-likeness (QED) is 0.796. The van der Waals surface area contributed by atoms with Crippen molar-refractivity contribution in [1.29, 1.82) is 0 Å². The number of halogens is 1. The molecule has 0 amide bonds. The first kappa shape index (κ1) is 11.9. The van der Waals surface area contributed by atoms with Gasteiger partial charge in [0.2, 0.25) is 0 Å². The van der Waals surface area contributed by atoms with Crippen molar-refractivity contribution in [1.82, 2.24) is 9.80 Å². The Balaban J connectivity index is 1.77. The van der Waals surface area contributed by atoms with Crippen LogP contribution in [0.5, 0.6) is 0 Å². The van der Waals surface area contributed by atoms with E-state index in [2.05, 4.69) is 29.0 Å². The predicted molar refractivity (Wildman–Crippen MR) is 69.1 cm³/mol. The fourth-order valence-electron chi connectivity index (χ4n) is 2.01. The number of hydrogen-bond acceptors (Lipinski definition) is 2. The summed E-state index contributed by atoms with van der Waals surface area (Å²) in [4.78, 5) is 4.92. The molecule has 1 aromatic rings. The second kappa shape index (κ2) is 5.67. The first-order valence-electron chi connectivity index (χ1n) is 5.89. The molecule has 0 saturated carbocycles. The third-order valence-electron chi connectivity index (χ3n) is 3.23. The number of rotatable bonds is 3. The molecule has 0 aliphatic carbocycles. The monoisotopic (exact) mass is 238 g/mol. The van der Waals surface area contributed by atoms with Gasteiger partial charge in [0.05, 0.1) is 0 Å². The highest BCUT2D eigenvalue weighted by Crippen LogP contribution is 2.10. The van der Waals surface area contributed by atoms with Crippen LogP contribution in [-0.4, -0.2) is 49.6 Å². The zero-order chi connectivity index (χ0) is 11.4. The van der Waals surface area contributed by atoms with Crippen molar-refractivity contribution in [2.75, 3.05) is 39.8 Å². The lowest BCUT2D eigenvalue weighted by Gasteiger charge is -2.32. The fraction of sp³-hybridized carbons (Fsp3) is 0.538. The topological polar surface area (TPSA) is 6.48 Å². The maximum atomic E-state index is 5.86. The molecule has 0 aromatic heterocycles. The lowest BCUT2D eigenvalue weighted by Crippen LogP contribution is -2.45. The molecule has 0 unspecified atom stereocenters. The van der Waals surface area contributed by atoms with Gasteiger partial charge in [-0.05, 0) is 31.2 Å². The summed E-state index contributed by atoms with van der Waals surface area (Å²) in [7, 11) is 2.19. The van der Waals surface area contributed by atoms with Crippen LogP contribution in [-0.2, 0) is 6.42 Å². The van der Waals surface area contributed by atoms with Crippen LogP contribution >= 0.6 is 11.6 Å². The van der Waals surface area contributed by atoms with Gasteiger partial charge in [0, 0.05) is 37.7 Å². The molecule has 1 aliphatic rings. The van der Waals surface area contributed by atoms with Gasteiger partial charge in [0.1, 0.15) is 0 Å². The average Bonchev–Trinajstić information content (AvgIpc) is 2.30. The second-order valence-electron chi connectivity index (χ2n) is 4.52. The molecule has 88 valence electrons. The Labute approximate surface area is 103 Å². The molecule has 3 heteroatoms. The van der Waals surface area contributed by atoms with Crippen molar-refractivity contribution in [3.8, 4) is 0 Å². The Hall–Kier alpha value is -0.570. The van der Waals surface area contributed by atoms with Crippen LogP contribution in [0, 0.1) is 0 Å². The maximum absolute atomic E-state index is 5.86. The lowest BCUT2D eigenvalue weighted by molar-refractivity contribution is 0.155. The zero-order valence-corrected chi connectivity index (χ0v) is 10.6. The summed E-state index contributed by atoms with van der Waals surface area (Å²) in [6.45, 7) is 5.95. The molecule has 1 aromatic carbocycles. The summed E-state index contributed by atoms with van der Waals surface area (Å²) in [5.41, 5.74) is 1.38. The van der Waals surface area contributed by atoms with Gasteiger partial charge in [-0.1, -0.05) is 23.7 Å². The molecule has 0 spiro atoms. The molecule has 0 atom stereocenters. The minimum absolute atomic E-state index is 0.823. The first-order valence-corrected chi connectivity index (χ1v) is 6.27. The van der Waals surface area contributed by atoms with E-state index >= 15 is 0 Å². The van der Waals surface area contributed by atoms with E-state index in [1.807, 2.05) is 12.1 Å². The van der Waals surface area contributed by atoms with Crippen LogP contribution in [0.15, 0.2) is 24.3 Å². The van der Waals surface area contributed by atoms with Crippen molar-refractivity contribution in [3.63, 3.8) is 0 Å². The Morgan fingerprint density at radius 3 is 2.31 bits per heavy atom. The van der Waals surface area contributed by atoms with Crippen LogP contribution in [0.1, 0.15) is 5.56 Å². The van der Waals surface area contributed by atoms with Crippen LogP contribution < -0.4 is 0 Å². The highest BCUT2D eigenvalue weighted by atomic mass is 35.5. The average molecular weight is 239 g/mol. The summed E-state index contributed by atoms with van der Waals surface area (Å²) in [6, 6.07) is 8.19. The third kappa shape index (κ3) is 3.48. The molecule has 2 nitrogen and oxygen atoms in total. The molecule has 0 bridgehead atoms. The normalized spacial score (nSPS) is 18.9. The van der Waals surface area contributed by atoms with Gasteiger partial charge in [-0.25, -0.2) is 0 Å². The van der Waals surface area contributed by atoms with Crippen molar-refractivity contribution in [3.05, 3.63) is 34.9 Å². The Morgan fingerprint density at radius 2 is 1.69 bits per heavy atom. The zero-order valence-electron chi connectivity index (χ0n) is 9.82. The summed E-state index contributed by atoms with van der Waals surface area (Å²) in [6.07, 6.45) is 1.13. The van der Waals surface area contributed by atoms with Gasteiger partial charge < -0.3 is 9.80 Å². The number of nitrogens with zero attached hydrogens (tertiary/aromatic N) is 2. The largest absolute Gasteiger partial charge is 0.304 e. The van der Waals surface area contributed by atoms with E-state index in [4.69, 9.17) is 11.6 Å². The van der Waals surface area contributed by atoms with Crippen molar-refractivity contribution < 1.29 is 0 Å². The number of benzene rings is 1. The second-order valence-corrected chi connectivity index (χ2v) is 4.96. The Morgan fingerprint density at radius 1 is 1.06 bits per heavy atom. The van der Waals surface area contributed by atoms with Crippen LogP contribution in [0.2, 0.25) is 5.02 Å². The maximum Gasteiger partial charge on any atom is 0.0406 e. The molecule has 1 fully saturated rings. The summed E-state index contributed by atoms with van der Waals surface area (Å²) < 4.78 is 0. The highest BCUT2D eigenvalue weighted by Gasteiger charge is 2.12. The predicted octanol–water partition coefficient (Wildman–Crippen LogP) is 2.13. The minimum atomic E-state index is 0.823. The van der Waals surface area contributed by atoms with Crippen LogP contribution in [0.3, 0.4) is 0 Å². The van der Waals surface area contributed by atoms with E-state index in [-0.39, 0.29) is 0 Å². The fourth-order valence-corrected chi connectivity index (χ4v) is 2.14. The first-order chi connectivity index (χ1) is 7.74. The van der Waals surface area contributed by atoms with Crippen molar-refractivity contribution in [2.45, 2.75) is 6.42 Å². The summed E-state index contributed by atoms with van der Waals surface area (Å²) >= 11 is 5.86. The van der Waals surface area contributed by atoms with Gasteiger partial charge >= 0.3 is 0 Å². The van der Waals surface area contributed by atoms with E-state index in [1.54, 1.807) is 0 Å². The summed E-state index contributed by atoms with van der Waals surface area (Å²) in [5, 5.41) is 0.823. The van der Waals surface area contributed by atoms with Gasteiger partial charge in [0.15, 0.2) is 0 Å². The molecule has 1 aliphatic heterocycles. The van der Waals surface area contributed by atoms with E-state index in [1.165, 1.54) is 31.7 Å². The molecular weight excluding hydrogens is 220 g/mol. The van der Waals surface area contributed by atoms with Gasteiger partial charge in [-0.15, -0.1) is 0 Å².